The van der Waals surface area contributed by atoms with E-state index in [4.69, 9.17) is 4.42 Å². The predicted molar refractivity (Wildman–Crippen MR) is 116 cm³/mol. The van der Waals surface area contributed by atoms with Crippen molar-refractivity contribution in [2.45, 2.75) is 44.8 Å². The molecule has 164 valence electrons. The maximum absolute atomic E-state index is 13.0. The molecule has 2 aromatic heterocycles. The van der Waals surface area contributed by atoms with E-state index in [1.807, 2.05) is 17.0 Å². The molecule has 3 aliphatic heterocycles. The molecule has 2 aromatic rings. The number of anilines is 1. The topological polar surface area (TPSA) is 81.9 Å². The van der Waals surface area contributed by atoms with Crippen molar-refractivity contribution in [3.63, 3.8) is 0 Å². The number of nitrogens with zero attached hydrogens (tertiary/aromatic N) is 4. The fourth-order valence-electron chi connectivity index (χ4n) is 5.16. The van der Waals surface area contributed by atoms with Crippen molar-refractivity contribution < 1.29 is 14.0 Å². The predicted octanol–water partition coefficient (Wildman–Crippen LogP) is 2.47. The Labute approximate surface area is 182 Å². The number of aromatic nitrogens is 1. The van der Waals surface area contributed by atoms with Crippen LogP contribution in [0, 0.1) is 0 Å². The van der Waals surface area contributed by atoms with E-state index >= 15 is 0 Å². The fourth-order valence-corrected chi connectivity index (χ4v) is 5.16. The average molecular weight is 424 g/mol. The molecule has 0 atom stereocenters. The number of hydrogen-bond donors (Lipinski definition) is 1. The van der Waals surface area contributed by atoms with Crippen LogP contribution in [0.2, 0.25) is 0 Å². The zero-order valence-corrected chi connectivity index (χ0v) is 18.0. The highest BCUT2D eigenvalue weighted by Crippen LogP contribution is 2.36. The summed E-state index contributed by atoms with van der Waals surface area (Å²) in [5.74, 6) is 1.80. The summed E-state index contributed by atoms with van der Waals surface area (Å²) in [6.45, 7) is 6.86. The average Bonchev–Trinajstić information content (AvgIpc) is 3.47. The van der Waals surface area contributed by atoms with Crippen molar-refractivity contribution in [2.75, 3.05) is 37.6 Å². The second-order valence-electron chi connectivity index (χ2n) is 8.65. The van der Waals surface area contributed by atoms with Crippen LogP contribution in [0.3, 0.4) is 0 Å². The number of furan rings is 1. The number of nitrogens with one attached hydrogen (secondary N) is 1. The molecule has 0 aromatic carbocycles. The van der Waals surface area contributed by atoms with Gasteiger partial charge in [-0.05, 0) is 57.1 Å². The smallest absolute Gasteiger partial charge is 0.289 e. The minimum absolute atomic E-state index is 0.0776. The summed E-state index contributed by atoms with van der Waals surface area (Å²) in [6.07, 6.45) is 5.48. The summed E-state index contributed by atoms with van der Waals surface area (Å²) in [7, 11) is 0. The molecule has 0 saturated carbocycles. The highest BCUT2D eigenvalue weighted by atomic mass is 16.4. The molecule has 1 N–H and O–H groups in total. The van der Waals surface area contributed by atoms with Crippen molar-refractivity contribution in [1.82, 2.24) is 20.1 Å². The SMILES string of the molecule is CCN1c2ncccc2C(=O)NC12CCN(C(=O)c1ccc(CN3CCCC3)o1)CC2. The van der Waals surface area contributed by atoms with Gasteiger partial charge in [-0.25, -0.2) is 4.98 Å². The van der Waals surface area contributed by atoms with Crippen molar-refractivity contribution in [3.8, 4) is 0 Å². The number of amides is 2. The minimum Gasteiger partial charge on any atom is -0.455 e. The van der Waals surface area contributed by atoms with E-state index in [0.717, 1.165) is 37.8 Å². The Hall–Kier alpha value is -2.87. The van der Waals surface area contributed by atoms with E-state index in [0.29, 0.717) is 37.3 Å². The Morgan fingerprint density at radius 1 is 1.16 bits per heavy atom. The highest BCUT2D eigenvalue weighted by molar-refractivity contribution is 6.01. The molecule has 1 spiro atoms. The van der Waals surface area contributed by atoms with Crippen molar-refractivity contribution in [2.24, 2.45) is 0 Å². The Kier molecular flexibility index (Phi) is 5.17. The van der Waals surface area contributed by atoms with Gasteiger partial charge >= 0.3 is 0 Å². The lowest BCUT2D eigenvalue weighted by molar-refractivity contribution is 0.0573. The van der Waals surface area contributed by atoms with Crippen LogP contribution in [0.15, 0.2) is 34.9 Å². The number of pyridine rings is 1. The molecular formula is C23H29N5O3. The van der Waals surface area contributed by atoms with E-state index in [2.05, 4.69) is 27.0 Å². The van der Waals surface area contributed by atoms with E-state index in [-0.39, 0.29) is 11.8 Å². The lowest BCUT2D eigenvalue weighted by Gasteiger charge is -2.51. The van der Waals surface area contributed by atoms with Crippen molar-refractivity contribution in [3.05, 3.63) is 47.5 Å². The van der Waals surface area contributed by atoms with Crippen molar-refractivity contribution in [1.29, 1.82) is 0 Å². The molecule has 31 heavy (non-hydrogen) atoms. The fraction of sp³-hybridized carbons (Fsp3) is 0.522. The standard InChI is InChI=1S/C23H29N5O3/c1-2-28-20-18(6-5-11-24-20)21(29)25-23(28)9-14-27(15-10-23)22(30)19-8-7-17(31-19)16-26-12-3-4-13-26/h5-8,11H,2-4,9-10,12-16H2,1H3,(H,25,29). The number of hydrogen-bond acceptors (Lipinski definition) is 6. The molecule has 0 unspecified atom stereocenters. The van der Waals surface area contributed by atoms with Gasteiger partial charge in [-0.1, -0.05) is 0 Å². The third kappa shape index (κ3) is 3.59. The Bertz CT molecular complexity index is 973. The highest BCUT2D eigenvalue weighted by Gasteiger charge is 2.46. The van der Waals surface area contributed by atoms with Crippen LogP contribution >= 0.6 is 0 Å². The van der Waals surface area contributed by atoms with Gasteiger partial charge in [0.1, 0.15) is 17.2 Å². The number of carbonyl (C=O) groups is 2. The summed E-state index contributed by atoms with van der Waals surface area (Å²) in [5.41, 5.74) is 0.100. The number of fused-ring (bicyclic) bond motifs is 1. The van der Waals surface area contributed by atoms with Gasteiger partial charge in [-0.3, -0.25) is 14.5 Å². The molecule has 5 heterocycles. The first kappa shape index (κ1) is 20.1. The number of piperidine rings is 1. The third-order valence-electron chi connectivity index (χ3n) is 6.79. The first-order valence-corrected chi connectivity index (χ1v) is 11.3. The normalized spacial score (nSPS) is 20.7. The molecule has 0 radical (unpaired) electrons. The van der Waals surface area contributed by atoms with Crippen LogP contribution in [0.4, 0.5) is 5.82 Å². The van der Waals surface area contributed by atoms with Gasteiger partial charge in [0.05, 0.1) is 12.1 Å². The first-order chi connectivity index (χ1) is 15.1. The molecule has 2 saturated heterocycles. The second-order valence-corrected chi connectivity index (χ2v) is 8.65. The van der Waals surface area contributed by atoms with E-state index in [1.165, 1.54) is 12.8 Å². The Morgan fingerprint density at radius 3 is 2.68 bits per heavy atom. The van der Waals surface area contributed by atoms with Gasteiger partial charge in [-0.15, -0.1) is 0 Å². The molecule has 8 nitrogen and oxygen atoms in total. The van der Waals surface area contributed by atoms with Gasteiger partial charge in [0.15, 0.2) is 5.76 Å². The van der Waals surface area contributed by atoms with Gasteiger partial charge in [0.2, 0.25) is 0 Å². The summed E-state index contributed by atoms with van der Waals surface area (Å²) < 4.78 is 5.88. The maximum Gasteiger partial charge on any atom is 0.289 e. The van der Waals surface area contributed by atoms with Crippen LogP contribution in [0.1, 0.15) is 59.3 Å². The van der Waals surface area contributed by atoms with Crippen LogP contribution in [0.25, 0.3) is 0 Å². The monoisotopic (exact) mass is 423 g/mol. The third-order valence-corrected chi connectivity index (χ3v) is 6.79. The zero-order valence-electron chi connectivity index (χ0n) is 18.0. The number of rotatable bonds is 4. The molecule has 2 amide bonds. The van der Waals surface area contributed by atoms with Crippen LogP contribution in [-0.2, 0) is 6.54 Å². The first-order valence-electron chi connectivity index (χ1n) is 11.3. The molecule has 5 rings (SSSR count). The van der Waals surface area contributed by atoms with Gasteiger partial charge in [0, 0.05) is 38.7 Å². The van der Waals surface area contributed by atoms with Crippen LogP contribution in [0.5, 0.6) is 0 Å². The number of carbonyl (C=O) groups excluding carboxylic acids is 2. The van der Waals surface area contributed by atoms with Crippen molar-refractivity contribution >= 4 is 17.6 Å². The summed E-state index contributed by atoms with van der Waals surface area (Å²) >= 11 is 0. The number of likely N-dealkylation sites (tertiary alicyclic amines) is 2. The van der Waals surface area contributed by atoms with Crippen LogP contribution in [-0.4, -0.2) is 65.0 Å². The molecule has 3 aliphatic rings. The van der Waals surface area contributed by atoms with E-state index < -0.39 is 5.66 Å². The second kappa shape index (κ2) is 8.00. The largest absolute Gasteiger partial charge is 0.455 e. The molecule has 8 heteroatoms. The van der Waals surface area contributed by atoms with E-state index in [1.54, 1.807) is 18.3 Å². The van der Waals surface area contributed by atoms with Gasteiger partial charge in [-0.2, -0.15) is 0 Å². The summed E-state index contributed by atoms with van der Waals surface area (Å²) in [4.78, 5) is 36.6. The lowest BCUT2D eigenvalue weighted by atomic mass is 9.91. The molecule has 0 aliphatic carbocycles. The Balaban J connectivity index is 1.27. The Morgan fingerprint density at radius 2 is 1.94 bits per heavy atom. The van der Waals surface area contributed by atoms with Gasteiger partial charge < -0.3 is 19.5 Å². The van der Waals surface area contributed by atoms with Gasteiger partial charge in [0.25, 0.3) is 11.8 Å². The quantitative estimate of drug-likeness (QED) is 0.814. The zero-order chi connectivity index (χ0) is 21.4. The summed E-state index contributed by atoms with van der Waals surface area (Å²) in [5, 5.41) is 3.21. The molecule has 0 bridgehead atoms. The molecule has 2 fully saturated rings. The maximum atomic E-state index is 13.0. The molecular weight excluding hydrogens is 394 g/mol. The summed E-state index contributed by atoms with van der Waals surface area (Å²) in [6, 6.07) is 7.30. The minimum atomic E-state index is -0.506. The lowest BCUT2D eigenvalue weighted by Crippen LogP contribution is -2.68. The van der Waals surface area contributed by atoms with Crippen LogP contribution < -0.4 is 10.2 Å². The van der Waals surface area contributed by atoms with E-state index in [9.17, 15) is 9.59 Å².